The Hall–Kier alpha value is -0.940. The van der Waals surface area contributed by atoms with Crippen LogP contribution in [-0.4, -0.2) is 30.5 Å². The smallest absolute Gasteiger partial charge is 0.263 e. The van der Waals surface area contributed by atoms with E-state index < -0.39 is 0 Å². The van der Waals surface area contributed by atoms with E-state index >= 15 is 0 Å². The van der Waals surface area contributed by atoms with Crippen LogP contribution in [0.5, 0.6) is 0 Å². The van der Waals surface area contributed by atoms with Crippen LogP contribution in [0.15, 0.2) is 5.51 Å². The minimum absolute atomic E-state index is 0.0182. The van der Waals surface area contributed by atoms with Crippen LogP contribution in [0.3, 0.4) is 0 Å². The lowest BCUT2D eigenvalue weighted by molar-refractivity contribution is 0.0955. The number of aromatic nitrogens is 1. The first-order chi connectivity index (χ1) is 7.96. The van der Waals surface area contributed by atoms with Crippen molar-refractivity contribution in [1.82, 2.24) is 15.6 Å². The molecular formula is C12H21N3OS. The maximum absolute atomic E-state index is 12.0. The van der Waals surface area contributed by atoms with Crippen molar-refractivity contribution in [1.29, 1.82) is 0 Å². The molecule has 1 amide bonds. The van der Waals surface area contributed by atoms with Gasteiger partial charge in [0.1, 0.15) is 4.88 Å². The summed E-state index contributed by atoms with van der Waals surface area (Å²) in [6.45, 7) is 10.6. The second kappa shape index (κ2) is 6.12. The largest absolute Gasteiger partial charge is 0.350 e. The summed E-state index contributed by atoms with van der Waals surface area (Å²) in [4.78, 5) is 17.0. The number of carbonyl (C=O) groups excluding carboxylic acids is 1. The molecule has 0 fully saturated rings. The fourth-order valence-electron chi connectivity index (χ4n) is 1.46. The molecule has 0 saturated carbocycles. The molecule has 0 unspecified atom stereocenters. The van der Waals surface area contributed by atoms with Crippen molar-refractivity contribution in [2.24, 2.45) is 0 Å². The third-order valence-electron chi connectivity index (χ3n) is 2.32. The molecule has 0 aliphatic rings. The van der Waals surface area contributed by atoms with Crippen LogP contribution >= 0.6 is 11.3 Å². The summed E-state index contributed by atoms with van der Waals surface area (Å²) in [6, 6.07) is 0. The van der Waals surface area contributed by atoms with Crippen LogP contribution in [0.25, 0.3) is 0 Å². The molecule has 0 bridgehead atoms. The van der Waals surface area contributed by atoms with Crippen LogP contribution in [0.4, 0.5) is 0 Å². The Morgan fingerprint density at radius 1 is 1.41 bits per heavy atom. The van der Waals surface area contributed by atoms with Crippen LogP contribution < -0.4 is 10.6 Å². The lowest BCUT2D eigenvalue weighted by Crippen LogP contribution is -2.32. The molecule has 0 aromatic carbocycles. The van der Waals surface area contributed by atoms with Gasteiger partial charge >= 0.3 is 0 Å². The second-order valence-electron chi connectivity index (χ2n) is 4.89. The highest BCUT2D eigenvalue weighted by atomic mass is 32.1. The van der Waals surface area contributed by atoms with Crippen LogP contribution in [-0.2, 0) is 5.41 Å². The number of nitrogens with one attached hydrogen (secondary N) is 2. The number of thiazole rings is 1. The second-order valence-corrected chi connectivity index (χ2v) is 5.74. The molecule has 0 radical (unpaired) electrons. The number of likely N-dealkylation sites (N-methyl/N-ethyl adjacent to an activating group) is 1. The molecule has 0 atom stereocenters. The number of nitrogens with zero attached hydrogens (tertiary/aromatic N) is 1. The Kier molecular flexibility index (Phi) is 5.08. The highest BCUT2D eigenvalue weighted by Gasteiger charge is 2.24. The highest BCUT2D eigenvalue weighted by Crippen LogP contribution is 2.26. The van der Waals surface area contributed by atoms with Gasteiger partial charge in [-0.3, -0.25) is 4.79 Å². The Morgan fingerprint density at radius 2 is 2.12 bits per heavy atom. The highest BCUT2D eigenvalue weighted by molar-refractivity contribution is 7.11. The minimum Gasteiger partial charge on any atom is -0.350 e. The van der Waals surface area contributed by atoms with E-state index in [1.165, 1.54) is 11.3 Å². The van der Waals surface area contributed by atoms with Crippen molar-refractivity contribution in [2.75, 3.05) is 19.6 Å². The number of hydrogen-bond donors (Lipinski definition) is 2. The first-order valence-electron chi connectivity index (χ1n) is 5.89. The van der Waals surface area contributed by atoms with Gasteiger partial charge in [0, 0.05) is 18.5 Å². The van der Waals surface area contributed by atoms with Gasteiger partial charge < -0.3 is 10.6 Å². The zero-order valence-electron chi connectivity index (χ0n) is 11.0. The first kappa shape index (κ1) is 14.1. The van der Waals surface area contributed by atoms with Crippen molar-refractivity contribution in [2.45, 2.75) is 33.1 Å². The molecule has 1 heterocycles. The fourth-order valence-corrected chi connectivity index (χ4v) is 2.38. The van der Waals surface area contributed by atoms with Gasteiger partial charge in [0.25, 0.3) is 5.91 Å². The molecule has 4 nitrogen and oxygen atoms in total. The third kappa shape index (κ3) is 4.09. The van der Waals surface area contributed by atoms with E-state index in [-0.39, 0.29) is 11.3 Å². The topological polar surface area (TPSA) is 54.0 Å². The average Bonchev–Trinajstić information content (AvgIpc) is 2.72. The summed E-state index contributed by atoms with van der Waals surface area (Å²) in [7, 11) is 0. The molecule has 1 aromatic rings. The summed E-state index contributed by atoms with van der Waals surface area (Å²) in [5.41, 5.74) is 2.53. The van der Waals surface area contributed by atoms with Crippen LogP contribution in [0.1, 0.15) is 43.1 Å². The van der Waals surface area contributed by atoms with Crippen molar-refractivity contribution in [3.8, 4) is 0 Å². The van der Waals surface area contributed by atoms with Crippen molar-refractivity contribution < 1.29 is 4.79 Å². The fraction of sp³-hybridized carbons (Fsp3) is 0.667. The standard InChI is InChI=1S/C12H21N3OS/c1-5-13-6-7-14-11(16)9-10(12(2,3)4)15-8-17-9/h8,13H,5-7H2,1-4H3,(H,14,16). The van der Waals surface area contributed by atoms with Crippen LogP contribution in [0.2, 0.25) is 0 Å². The van der Waals surface area contributed by atoms with Gasteiger partial charge in [-0.2, -0.15) is 0 Å². The Bertz CT molecular complexity index is 368. The van der Waals surface area contributed by atoms with E-state index in [4.69, 9.17) is 0 Å². The Balaban J connectivity index is 2.61. The lowest BCUT2D eigenvalue weighted by atomic mass is 9.91. The normalized spacial score (nSPS) is 11.5. The van der Waals surface area contributed by atoms with E-state index in [1.807, 2.05) is 6.92 Å². The molecule has 1 aromatic heterocycles. The predicted molar refractivity (Wildman–Crippen MR) is 71.7 cm³/mol. The molecule has 0 aliphatic carbocycles. The van der Waals surface area contributed by atoms with Gasteiger partial charge in [0.05, 0.1) is 11.2 Å². The van der Waals surface area contributed by atoms with Gasteiger partial charge in [-0.05, 0) is 6.54 Å². The van der Waals surface area contributed by atoms with E-state index in [9.17, 15) is 4.79 Å². The number of amides is 1. The van der Waals surface area contributed by atoms with E-state index in [1.54, 1.807) is 5.51 Å². The number of carbonyl (C=O) groups is 1. The van der Waals surface area contributed by atoms with Crippen molar-refractivity contribution in [3.63, 3.8) is 0 Å². The summed E-state index contributed by atoms with van der Waals surface area (Å²) in [6.07, 6.45) is 0. The first-order valence-corrected chi connectivity index (χ1v) is 6.77. The molecule has 5 heteroatoms. The summed E-state index contributed by atoms with van der Waals surface area (Å²) in [5.74, 6) is -0.0182. The summed E-state index contributed by atoms with van der Waals surface area (Å²) >= 11 is 1.40. The zero-order chi connectivity index (χ0) is 12.9. The predicted octanol–water partition coefficient (Wildman–Crippen LogP) is 1.78. The molecule has 96 valence electrons. The Morgan fingerprint density at radius 3 is 2.71 bits per heavy atom. The molecule has 2 N–H and O–H groups in total. The van der Waals surface area contributed by atoms with E-state index in [0.29, 0.717) is 6.54 Å². The lowest BCUT2D eigenvalue weighted by Gasteiger charge is -2.17. The monoisotopic (exact) mass is 255 g/mol. The quantitative estimate of drug-likeness (QED) is 0.789. The van der Waals surface area contributed by atoms with Gasteiger partial charge in [-0.15, -0.1) is 11.3 Å². The number of rotatable bonds is 5. The summed E-state index contributed by atoms with van der Waals surface area (Å²) in [5, 5.41) is 6.07. The van der Waals surface area contributed by atoms with Crippen LogP contribution in [0, 0.1) is 0 Å². The van der Waals surface area contributed by atoms with Crippen molar-refractivity contribution in [3.05, 3.63) is 16.1 Å². The van der Waals surface area contributed by atoms with E-state index in [0.717, 1.165) is 23.7 Å². The summed E-state index contributed by atoms with van der Waals surface area (Å²) < 4.78 is 0. The molecule has 0 aliphatic heterocycles. The maximum Gasteiger partial charge on any atom is 0.263 e. The minimum atomic E-state index is -0.0889. The van der Waals surface area contributed by atoms with E-state index in [2.05, 4.69) is 36.4 Å². The van der Waals surface area contributed by atoms with Gasteiger partial charge in [0.15, 0.2) is 0 Å². The van der Waals surface area contributed by atoms with Gasteiger partial charge in [0.2, 0.25) is 0 Å². The zero-order valence-corrected chi connectivity index (χ0v) is 11.8. The SMILES string of the molecule is CCNCCNC(=O)c1scnc1C(C)(C)C. The maximum atomic E-state index is 12.0. The molecule has 1 rings (SSSR count). The molecule has 17 heavy (non-hydrogen) atoms. The third-order valence-corrected chi connectivity index (χ3v) is 3.15. The average molecular weight is 255 g/mol. The van der Waals surface area contributed by atoms with Crippen molar-refractivity contribution >= 4 is 17.2 Å². The number of hydrogen-bond acceptors (Lipinski definition) is 4. The van der Waals surface area contributed by atoms with Gasteiger partial charge in [-0.25, -0.2) is 4.98 Å². The molecular weight excluding hydrogens is 234 g/mol. The molecule has 0 spiro atoms. The Labute approximate surface area is 107 Å². The molecule has 0 saturated heterocycles. The van der Waals surface area contributed by atoms with Gasteiger partial charge in [-0.1, -0.05) is 27.7 Å².